The first-order valence-electron chi connectivity index (χ1n) is 6.72. The zero-order valence-electron chi connectivity index (χ0n) is 10.1. The lowest BCUT2D eigenvalue weighted by Crippen LogP contribution is -2.47. The second-order valence-electron chi connectivity index (χ2n) is 6.09. The number of hydrogen-bond donors (Lipinski definition) is 2. The van der Waals surface area contributed by atoms with E-state index in [1.807, 2.05) is 0 Å². The Hall–Kier alpha value is -0.570. The van der Waals surface area contributed by atoms with Gasteiger partial charge in [-0.1, -0.05) is 6.42 Å². The molecule has 3 heteroatoms. The summed E-state index contributed by atoms with van der Waals surface area (Å²) in [5, 5.41) is 6.64. The molecule has 3 aliphatic rings. The van der Waals surface area contributed by atoms with Crippen molar-refractivity contribution < 1.29 is 4.79 Å². The van der Waals surface area contributed by atoms with Gasteiger partial charge < -0.3 is 10.6 Å². The summed E-state index contributed by atoms with van der Waals surface area (Å²) in [7, 11) is 0. The number of amides is 1. The largest absolute Gasteiger partial charge is 0.354 e. The van der Waals surface area contributed by atoms with Gasteiger partial charge in [0.25, 0.3) is 0 Å². The van der Waals surface area contributed by atoms with Crippen LogP contribution in [0.5, 0.6) is 0 Å². The Labute approximate surface area is 97.4 Å². The maximum Gasteiger partial charge on any atom is 0.223 e. The summed E-state index contributed by atoms with van der Waals surface area (Å²) >= 11 is 0. The number of rotatable bonds is 3. The van der Waals surface area contributed by atoms with E-state index in [0.717, 1.165) is 24.9 Å². The summed E-state index contributed by atoms with van der Waals surface area (Å²) in [5.74, 6) is 2.18. The third-order valence-electron chi connectivity index (χ3n) is 4.82. The molecule has 2 aliphatic carbocycles. The van der Waals surface area contributed by atoms with E-state index in [0.29, 0.717) is 11.8 Å². The maximum atomic E-state index is 12.0. The van der Waals surface area contributed by atoms with Crippen LogP contribution < -0.4 is 10.6 Å². The summed E-state index contributed by atoms with van der Waals surface area (Å²) in [6.07, 6.45) is 6.35. The molecule has 0 aromatic rings. The molecule has 2 N–H and O–H groups in total. The summed E-state index contributed by atoms with van der Waals surface area (Å²) in [6, 6.07) is 0. The molecule has 90 valence electrons. The second-order valence-corrected chi connectivity index (χ2v) is 6.09. The normalized spacial score (nSPS) is 45.4. The molecule has 0 aromatic heterocycles. The zero-order chi connectivity index (χ0) is 11.2. The number of carbonyl (C=O) groups is 1. The molecule has 0 aromatic carbocycles. The predicted octanol–water partition coefficient (Wildman–Crippen LogP) is 1.29. The molecule has 3 fully saturated rings. The third-order valence-corrected chi connectivity index (χ3v) is 4.82. The molecule has 3 rings (SSSR count). The Kier molecular flexibility index (Phi) is 2.46. The van der Waals surface area contributed by atoms with Crippen molar-refractivity contribution in [3.05, 3.63) is 0 Å². The second kappa shape index (κ2) is 3.73. The molecular formula is C13H22N2O. The van der Waals surface area contributed by atoms with E-state index in [1.165, 1.54) is 32.1 Å². The van der Waals surface area contributed by atoms with Crippen molar-refractivity contribution in [2.24, 2.45) is 17.8 Å². The maximum absolute atomic E-state index is 12.0. The molecule has 16 heavy (non-hydrogen) atoms. The Morgan fingerprint density at radius 2 is 2.12 bits per heavy atom. The number of carbonyl (C=O) groups excluding carboxylic acids is 1. The Balaban J connectivity index is 1.47. The van der Waals surface area contributed by atoms with Crippen molar-refractivity contribution in [1.29, 1.82) is 0 Å². The highest BCUT2D eigenvalue weighted by atomic mass is 16.2. The average molecular weight is 222 g/mol. The fourth-order valence-electron chi connectivity index (χ4n) is 3.72. The topological polar surface area (TPSA) is 41.1 Å². The van der Waals surface area contributed by atoms with Crippen LogP contribution in [0.3, 0.4) is 0 Å². The first-order valence-corrected chi connectivity index (χ1v) is 6.72. The molecule has 1 amide bonds. The van der Waals surface area contributed by atoms with Crippen LogP contribution >= 0.6 is 0 Å². The lowest BCUT2D eigenvalue weighted by molar-refractivity contribution is -0.123. The van der Waals surface area contributed by atoms with Crippen LogP contribution in [0.2, 0.25) is 0 Å². The van der Waals surface area contributed by atoms with Crippen LogP contribution in [0.15, 0.2) is 0 Å². The van der Waals surface area contributed by atoms with Crippen LogP contribution in [0.1, 0.15) is 39.0 Å². The van der Waals surface area contributed by atoms with Crippen molar-refractivity contribution >= 4 is 5.91 Å². The predicted molar refractivity (Wildman–Crippen MR) is 63.0 cm³/mol. The minimum absolute atomic E-state index is 0.152. The summed E-state index contributed by atoms with van der Waals surface area (Å²) in [4.78, 5) is 12.0. The van der Waals surface area contributed by atoms with E-state index >= 15 is 0 Å². The Morgan fingerprint density at radius 1 is 1.38 bits per heavy atom. The molecule has 3 atom stereocenters. The molecule has 0 radical (unpaired) electrons. The van der Waals surface area contributed by atoms with Crippen molar-refractivity contribution in [2.45, 2.75) is 44.6 Å². The van der Waals surface area contributed by atoms with Gasteiger partial charge in [0, 0.05) is 18.0 Å². The molecule has 1 heterocycles. The van der Waals surface area contributed by atoms with Crippen molar-refractivity contribution in [3.63, 3.8) is 0 Å². The van der Waals surface area contributed by atoms with Crippen LogP contribution in [-0.4, -0.2) is 24.5 Å². The smallest absolute Gasteiger partial charge is 0.223 e. The minimum atomic E-state index is 0.152. The van der Waals surface area contributed by atoms with Gasteiger partial charge >= 0.3 is 0 Å². The van der Waals surface area contributed by atoms with Crippen LogP contribution in [0, 0.1) is 17.8 Å². The Bertz CT molecular complexity index is 286. The van der Waals surface area contributed by atoms with Crippen LogP contribution in [0.4, 0.5) is 0 Å². The molecular weight excluding hydrogens is 200 g/mol. The zero-order valence-corrected chi connectivity index (χ0v) is 10.1. The number of hydrogen-bond acceptors (Lipinski definition) is 2. The van der Waals surface area contributed by atoms with Gasteiger partial charge in [-0.3, -0.25) is 4.79 Å². The SMILES string of the molecule is CC1(CNC(=O)C2C3CCCC32)CCCN1. The van der Waals surface area contributed by atoms with Gasteiger partial charge in [0.15, 0.2) is 0 Å². The molecule has 3 unspecified atom stereocenters. The van der Waals surface area contributed by atoms with Gasteiger partial charge in [-0.05, 0) is 51.0 Å². The highest BCUT2D eigenvalue weighted by Gasteiger charge is 2.56. The van der Waals surface area contributed by atoms with E-state index in [1.54, 1.807) is 0 Å². The van der Waals surface area contributed by atoms with Gasteiger partial charge in [-0.15, -0.1) is 0 Å². The molecule has 2 saturated carbocycles. The van der Waals surface area contributed by atoms with E-state index in [-0.39, 0.29) is 5.54 Å². The summed E-state index contributed by atoms with van der Waals surface area (Å²) < 4.78 is 0. The van der Waals surface area contributed by atoms with Crippen molar-refractivity contribution in [2.75, 3.05) is 13.1 Å². The first kappa shape index (κ1) is 10.6. The highest BCUT2D eigenvalue weighted by Crippen LogP contribution is 2.57. The summed E-state index contributed by atoms with van der Waals surface area (Å²) in [6.45, 7) is 4.12. The van der Waals surface area contributed by atoms with Crippen LogP contribution in [0.25, 0.3) is 0 Å². The fraction of sp³-hybridized carbons (Fsp3) is 0.923. The lowest BCUT2D eigenvalue weighted by atomic mass is 10.0. The number of nitrogens with one attached hydrogen (secondary N) is 2. The standard InChI is InChI=1S/C13H22N2O/c1-13(6-3-7-15-13)8-14-12(16)11-9-4-2-5-10(9)11/h9-11,15H,2-8H2,1H3,(H,14,16). The molecule has 3 nitrogen and oxygen atoms in total. The van der Waals surface area contributed by atoms with Gasteiger partial charge in [0.2, 0.25) is 5.91 Å². The first-order chi connectivity index (χ1) is 7.70. The average Bonchev–Trinajstić information content (AvgIpc) is 2.70. The fourth-order valence-corrected chi connectivity index (χ4v) is 3.72. The van der Waals surface area contributed by atoms with Gasteiger partial charge in [-0.2, -0.15) is 0 Å². The van der Waals surface area contributed by atoms with Gasteiger partial charge in [-0.25, -0.2) is 0 Å². The van der Waals surface area contributed by atoms with Gasteiger partial charge in [0.05, 0.1) is 0 Å². The number of fused-ring (bicyclic) bond motifs is 1. The Morgan fingerprint density at radius 3 is 2.75 bits per heavy atom. The molecule has 1 saturated heterocycles. The molecule has 0 spiro atoms. The quantitative estimate of drug-likeness (QED) is 0.755. The van der Waals surface area contributed by atoms with E-state index in [2.05, 4.69) is 17.6 Å². The van der Waals surface area contributed by atoms with Crippen molar-refractivity contribution in [3.8, 4) is 0 Å². The monoisotopic (exact) mass is 222 g/mol. The van der Waals surface area contributed by atoms with E-state index in [9.17, 15) is 4.79 Å². The molecule has 1 aliphatic heterocycles. The van der Waals surface area contributed by atoms with E-state index < -0.39 is 0 Å². The van der Waals surface area contributed by atoms with Crippen molar-refractivity contribution in [1.82, 2.24) is 10.6 Å². The summed E-state index contributed by atoms with van der Waals surface area (Å²) in [5.41, 5.74) is 0.152. The minimum Gasteiger partial charge on any atom is -0.354 e. The van der Waals surface area contributed by atoms with Crippen LogP contribution in [-0.2, 0) is 4.79 Å². The highest BCUT2D eigenvalue weighted by molar-refractivity contribution is 5.82. The van der Waals surface area contributed by atoms with Gasteiger partial charge in [0.1, 0.15) is 0 Å². The lowest BCUT2D eigenvalue weighted by Gasteiger charge is -2.24. The third kappa shape index (κ3) is 1.75. The molecule has 0 bridgehead atoms. The van der Waals surface area contributed by atoms with E-state index in [4.69, 9.17) is 0 Å².